The van der Waals surface area contributed by atoms with E-state index in [-0.39, 0.29) is 0 Å². The highest BCUT2D eigenvalue weighted by molar-refractivity contribution is 5.47. The number of ether oxygens (including phenoxy) is 1. The van der Waals surface area contributed by atoms with Crippen LogP contribution in [0.3, 0.4) is 0 Å². The number of hydrogen-bond donors (Lipinski definition) is 0. The molecule has 0 amide bonds. The average molecular weight is 341 g/mol. The molecule has 0 spiro atoms. The smallest absolute Gasteiger partial charge is 0.200 e. The van der Waals surface area contributed by atoms with Crippen LogP contribution in [0, 0.1) is 0 Å². The van der Waals surface area contributed by atoms with E-state index in [2.05, 4.69) is 21.5 Å². The van der Waals surface area contributed by atoms with E-state index in [9.17, 15) is 0 Å². The van der Waals surface area contributed by atoms with Crippen LogP contribution >= 0.6 is 0 Å². The zero-order valence-electron chi connectivity index (χ0n) is 15.0. The van der Waals surface area contributed by atoms with Crippen LogP contribution in [0.4, 0.5) is 0 Å². The Hall–Kier alpha value is -1.79. The van der Waals surface area contributed by atoms with Crippen LogP contribution in [0.5, 0.6) is 0 Å². The van der Waals surface area contributed by atoms with Gasteiger partial charge in [0.25, 0.3) is 0 Å². The molecule has 6 nitrogen and oxygen atoms in total. The van der Waals surface area contributed by atoms with Gasteiger partial charge in [0, 0.05) is 44.5 Å². The first kappa shape index (κ1) is 16.7. The molecule has 6 heteroatoms. The number of nitrogens with zero attached hydrogens (tertiary/aromatic N) is 5. The summed E-state index contributed by atoms with van der Waals surface area (Å²) in [6.07, 6.45) is 6.55. The molecule has 2 aromatic rings. The number of hydrogen-bond acceptors (Lipinski definition) is 5. The van der Waals surface area contributed by atoms with Gasteiger partial charge < -0.3 is 4.74 Å². The van der Waals surface area contributed by atoms with Crippen LogP contribution < -0.4 is 0 Å². The Labute approximate surface area is 149 Å². The van der Waals surface area contributed by atoms with Gasteiger partial charge in [-0.2, -0.15) is 0 Å². The molecule has 4 rings (SSSR count). The number of piperidine rings is 1. The third-order valence-electron chi connectivity index (χ3n) is 5.42. The van der Waals surface area contributed by atoms with Gasteiger partial charge in [0.05, 0.1) is 0 Å². The standard InChI is InChI=1S/C19H27N5O/c1-2-24-19(21-18(22-24)17-7-3-4-10-20-17)15-6-5-11-23(14-15)16-8-12-25-13-9-16/h3-4,7,10,15-16H,2,5-6,8-9,11-14H2,1H3. The molecule has 1 atom stereocenters. The molecule has 2 aliphatic rings. The second-order valence-corrected chi connectivity index (χ2v) is 7.00. The molecule has 134 valence electrons. The Bertz CT molecular complexity index is 680. The summed E-state index contributed by atoms with van der Waals surface area (Å²) in [5, 5.41) is 4.72. The quantitative estimate of drug-likeness (QED) is 0.856. The first-order chi connectivity index (χ1) is 12.3. The van der Waals surface area contributed by atoms with E-state index in [1.807, 2.05) is 18.2 Å². The van der Waals surface area contributed by atoms with Gasteiger partial charge in [-0.1, -0.05) is 6.07 Å². The van der Waals surface area contributed by atoms with Crippen molar-refractivity contribution in [3.8, 4) is 11.5 Å². The maximum Gasteiger partial charge on any atom is 0.200 e. The largest absolute Gasteiger partial charge is 0.381 e. The maximum absolute atomic E-state index is 5.53. The number of pyridine rings is 1. The normalized spacial score (nSPS) is 23.0. The van der Waals surface area contributed by atoms with Crippen molar-refractivity contribution in [2.75, 3.05) is 26.3 Å². The molecule has 0 aliphatic carbocycles. The fourth-order valence-electron chi connectivity index (χ4n) is 4.09. The first-order valence-corrected chi connectivity index (χ1v) is 9.53. The SMILES string of the molecule is CCn1nc(-c2ccccn2)nc1C1CCCN(C2CCOCC2)C1. The van der Waals surface area contributed by atoms with Crippen molar-refractivity contribution in [3.05, 3.63) is 30.2 Å². The maximum atomic E-state index is 5.53. The van der Waals surface area contributed by atoms with Crippen LogP contribution in [-0.2, 0) is 11.3 Å². The van der Waals surface area contributed by atoms with Gasteiger partial charge in [-0.05, 0) is 51.3 Å². The number of rotatable bonds is 4. The Morgan fingerprint density at radius 1 is 1.20 bits per heavy atom. The summed E-state index contributed by atoms with van der Waals surface area (Å²) in [4.78, 5) is 12.0. The minimum absolute atomic E-state index is 0.460. The van der Waals surface area contributed by atoms with Gasteiger partial charge in [0.15, 0.2) is 5.82 Å². The third kappa shape index (κ3) is 3.60. The van der Waals surface area contributed by atoms with Gasteiger partial charge >= 0.3 is 0 Å². The molecule has 0 N–H and O–H groups in total. The number of aromatic nitrogens is 4. The van der Waals surface area contributed by atoms with E-state index in [0.717, 1.165) is 56.5 Å². The zero-order chi connectivity index (χ0) is 17.1. The first-order valence-electron chi connectivity index (χ1n) is 9.53. The van der Waals surface area contributed by atoms with Crippen molar-refractivity contribution in [1.82, 2.24) is 24.6 Å². The lowest BCUT2D eigenvalue weighted by atomic mass is 9.94. The molecule has 4 heterocycles. The van der Waals surface area contributed by atoms with E-state index in [1.54, 1.807) is 6.20 Å². The van der Waals surface area contributed by atoms with Crippen LogP contribution in [0.15, 0.2) is 24.4 Å². The summed E-state index contributed by atoms with van der Waals surface area (Å²) in [5.74, 6) is 2.34. The predicted octanol–water partition coefficient (Wildman–Crippen LogP) is 2.72. The molecule has 0 bridgehead atoms. The monoisotopic (exact) mass is 341 g/mol. The molecule has 0 aromatic carbocycles. The summed E-state index contributed by atoms with van der Waals surface area (Å²) in [7, 11) is 0. The highest BCUT2D eigenvalue weighted by Crippen LogP contribution is 2.30. The Morgan fingerprint density at radius 2 is 2.08 bits per heavy atom. The van der Waals surface area contributed by atoms with Gasteiger partial charge in [0.2, 0.25) is 0 Å². The van der Waals surface area contributed by atoms with Gasteiger partial charge in [-0.3, -0.25) is 9.88 Å². The summed E-state index contributed by atoms with van der Waals surface area (Å²) < 4.78 is 7.60. The van der Waals surface area contributed by atoms with Crippen molar-refractivity contribution in [2.45, 2.75) is 51.1 Å². The molecule has 0 radical (unpaired) electrons. The summed E-state index contributed by atoms with van der Waals surface area (Å²) >= 11 is 0. The van der Waals surface area contributed by atoms with Gasteiger partial charge in [-0.25, -0.2) is 9.67 Å². The van der Waals surface area contributed by atoms with Gasteiger partial charge in [0.1, 0.15) is 11.5 Å². The molecular weight excluding hydrogens is 314 g/mol. The number of aryl methyl sites for hydroxylation is 1. The van der Waals surface area contributed by atoms with Crippen LogP contribution in [0.1, 0.15) is 44.3 Å². The molecule has 2 aromatic heterocycles. The van der Waals surface area contributed by atoms with E-state index < -0.39 is 0 Å². The van der Waals surface area contributed by atoms with E-state index >= 15 is 0 Å². The van der Waals surface area contributed by atoms with Crippen LogP contribution in [0.25, 0.3) is 11.5 Å². The van der Waals surface area contributed by atoms with Crippen molar-refractivity contribution in [2.24, 2.45) is 0 Å². The van der Waals surface area contributed by atoms with E-state index in [1.165, 1.54) is 19.4 Å². The summed E-state index contributed by atoms with van der Waals surface area (Å²) in [6.45, 7) is 7.09. The summed E-state index contributed by atoms with van der Waals surface area (Å²) in [6, 6.07) is 6.56. The van der Waals surface area contributed by atoms with Crippen molar-refractivity contribution < 1.29 is 4.74 Å². The van der Waals surface area contributed by atoms with Crippen molar-refractivity contribution in [3.63, 3.8) is 0 Å². The molecule has 2 aliphatic heterocycles. The molecular formula is C19H27N5O. The third-order valence-corrected chi connectivity index (χ3v) is 5.42. The predicted molar refractivity (Wildman–Crippen MR) is 96.3 cm³/mol. The number of likely N-dealkylation sites (tertiary alicyclic amines) is 1. The topological polar surface area (TPSA) is 56.1 Å². The molecule has 25 heavy (non-hydrogen) atoms. The molecule has 1 unspecified atom stereocenters. The minimum atomic E-state index is 0.460. The lowest BCUT2D eigenvalue weighted by Crippen LogP contribution is -2.45. The van der Waals surface area contributed by atoms with Crippen LogP contribution in [0.2, 0.25) is 0 Å². The summed E-state index contributed by atoms with van der Waals surface area (Å²) in [5.41, 5.74) is 0.855. The lowest BCUT2D eigenvalue weighted by Gasteiger charge is -2.39. The Kier molecular flexibility index (Phi) is 5.08. The Morgan fingerprint density at radius 3 is 2.84 bits per heavy atom. The lowest BCUT2D eigenvalue weighted by molar-refractivity contribution is 0.0232. The fraction of sp³-hybridized carbons (Fsp3) is 0.632. The second kappa shape index (κ2) is 7.62. The van der Waals surface area contributed by atoms with E-state index in [0.29, 0.717) is 12.0 Å². The molecule has 0 saturated carbocycles. The minimum Gasteiger partial charge on any atom is -0.381 e. The van der Waals surface area contributed by atoms with Crippen molar-refractivity contribution in [1.29, 1.82) is 0 Å². The Balaban J connectivity index is 1.55. The highest BCUT2D eigenvalue weighted by Gasteiger charge is 2.30. The zero-order valence-corrected chi connectivity index (χ0v) is 15.0. The van der Waals surface area contributed by atoms with Crippen LogP contribution in [-0.4, -0.2) is 57.0 Å². The average Bonchev–Trinajstić information content (AvgIpc) is 3.14. The van der Waals surface area contributed by atoms with Crippen molar-refractivity contribution >= 4 is 0 Å². The molecule has 2 saturated heterocycles. The highest BCUT2D eigenvalue weighted by atomic mass is 16.5. The molecule has 2 fully saturated rings. The second-order valence-electron chi connectivity index (χ2n) is 7.00. The van der Waals surface area contributed by atoms with E-state index in [4.69, 9.17) is 14.8 Å². The fourth-order valence-corrected chi connectivity index (χ4v) is 4.09. The van der Waals surface area contributed by atoms with Gasteiger partial charge in [-0.15, -0.1) is 5.10 Å².